The van der Waals surface area contributed by atoms with Gasteiger partial charge in [-0.3, -0.25) is 0 Å². The number of hydrogen-bond acceptors (Lipinski definition) is 3. The van der Waals surface area contributed by atoms with Crippen LogP contribution in [0.15, 0.2) is 4.99 Å². The van der Waals surface area contributed by atoms with E-state index in [1.807, 2.05) is 0 Å². The first-order valence-corrected chi connectivity index (χ1v) is 3.90. The van der Waals surface area contributed by atoms with Crippen LogP contribution in [0.5, 0.6) is 0 Å². The first-order chi connectivity index (χ1) is 5.57. The Kier molecular flexibility index (Phi) is 5.19. The molecule has 0 spiro atoms. The molecule has 4 nitrogen and oxygen atoms in total. The van der Waals surface area contributed by atoms with E-state index < -0.39 is 5.97 Å². The van der Waals surface area contributed by atoms with E-state index in [9.17, 15) is 4.79 Å². The number of esters is 1. The molecule has 0 aromatic rings. The van der Waals surface area contributed by atoms with Crippen LogP contribution in [0.1, 0.15) is 6.92 Å². The van der Waals surface area contributed by atoms with Crippen LogP contribution in [-0.4, -0.2) is 42.9 Å². The second-order valence-corrected chi connectivity index (χ2v) is 2.62. The number of rotatable bonds is 2. The molecule has 0 saturated heterocycles. The van der Waals surface area contributed by atoms with Crippen molar-refractivity contribution in [2.75, 3.05) is 20.7 Å². The molecule has 12 heavy (non-hydrogen) atoms. The Bertz CT molecular complexity index is 202. The number of nitrogens with zero attached hydrogens (tertiary/aromatic N) is 2. The zero-order chi connectivity index (χ0) is 9.56. The highest BCUT2D eigenvalue weighted by molar-refractivity contribution is 7.82. The maximum absolute atomic E-state index is 10.9. The molecule has 0 heterocycles. The number of hydrogen-bond donors (Lipinski definition) is 0. The summed E-state index contributed by atoms with van der Waals surface area (Å²) in [4.78, 5) is 16.2. The third-order valence-corrected chi connectivity index (χ3v) is 1.13. The Balaban J connectivity index is 3.95. The Hall–Kier alpha value is -0.970. The first-order valence-electron chi connectivity index (χ1n) is 3.49. The van der Waals surface area contributed by atoms with Gasteiger partial charge in [0.1, 0.15) is 0 Å². The van der Waals surface area contributed by atoms with Gasteiger partial charge >= 0.3 is 5.97 Å². The summed E-state index contributed by atoms with van der Waals surface area (Å²) in [6.45, 7) is 2.03. The van der Waals surface area contributed by atoms with Gasteiger partial charge in [-0.25, -0.2) is 9.79 Å². The SMILES string of the molecule is CCOC(=O)C(=S)N=CN(C)C. The summed E-state index contributed by atoms with van der Waals surface area (Å²) in [6.07, 6.45) is 1.46. The van der Waals surface area contributed by atoms with Gasteiger partial charge in [-0.1, -0.05) is 12.2 Å². The summed E-state index contributed by atoms with van der Waals surface area (Å²) in [6, 6.07) is 0. The summed E-state index contributed by atoms with van der Waals surface area (Å²) < 4.78 is 4.62. The molecular formula is C7H12N2O2S. The molecule has 0 radical (unpaired) electrons. The van der Waals surface area contributed by atoms with Gasteiger partial charge in [-0.15, -0.1) is 0 Å². The van der Waals surface area contributed by atoms with Crippen LogP contribution in [0, 0.1) is 0 Å². The third kappa shape index (κ3) is 4.79. The highest BCUT2D eigenvalue weighted by atomic mass is 32.1. The van der Waals surface area contributed by atoms with Crippen molar-refractivity contribution in [2.24, 2.45) is 4.99 Å². The lowest BCUT2D eigenvalue weighted by Crippen LogP contribution is -2.16. The molecule has 0 N–H and O–H groups in total. The fourth-order valence-corrected chi connectivity index (χ4v) is 0.520. The molecule has 5 heteroatoms. The quantitative estimate of drug-likeness (QED) is 0.273. The standard InChI is InChI=1S/C7H12N2O2S/c1-4-11-7(10)6(12)8-5-9(2)3/h5H,4H2,1-3H3. The Morgan fingerprint density at radius 1 is 1.67 bits per heavy atom. The van der Waals surface area contributed by atoms with Crippen molar-refractivity contribution in [2.45, 2.75) is 6.92 Å². The van der Waals surface area contributed by atoms with Crippen LogP contribution in [0.2, 0.25) is 0 Å². The summed E-state index contributed by atoms with van der Waals surface area (Å²) in [7, 11) is 3.58. The minimum atomic E-state index is -0.550. The summed E-state index contributed by atoms with van der Waals surface area (Å²) >= 11 is 4.66. The molecular weight excluding hydrogens is 176 g/mol. The predicted molar refractivity (Wildman–Crippen MR) is 51.4 cm³/mol. The second kappa shape index (κ2) is 5.65. The van der Waals surface area contributed by atoms with E-state index in [0.29, 0.717) is 6.61 Å². The minimum absolute atomic E-state index is 0.0504. The monoisotopic (exact) mass is 188 g/mol. The van der Waals surface area contributed by atoms with Crippen LogP contribution in [-0.2, 0) is 9.53 Å². The van der Waals surface area contributed by atoms with Crippen LogP contribution in [0.3, 0.4) is 0 Å². The van der Waals surface area contributed by atoms with Crippen LogP contribution < -0.4 is 0 Å². The van der Waals surface area contributed by atoms with Gasteiger partial charge in [0.2, 0.25) is 4.99 Å². The zero-order valence-electron chi connectivity index (χ0n) is 7.40. The first kappa shape index (κ1) is 11.0. The van der Waals surface area contributed by atoms with Gasteiger partial charge in [-0.05, 0) is 6.92 Å². The van der Waals surface area contributed by atoms with E-state index in [0.717, 1.165) is 0 Å². The number of ether oxygens (including phenoxy) is 1. The number of thiocarbonyl (C=S) groups is 1. The van der Waals surface area contributed by atoms with Crippen LogP contribution >= 0.6 is 12.2 Å². The van der Waals surface area contributed by atoms with Gasteiger partial charge in [0.15, 0.2) is 0 Å². The van der Waals surface area contributed by atoms with Gasteiger partial charge < -0.3 is 9.64 Å². The van der Waals surface area contributed by atoms with E-state index >= 15 is 0 Å². The molecule has 0 fully saturated rings. The molecule has 68 valence electrons. The van der Waals surface area contributed by atoms with E-state index in [-0.39, 0.29) is 4.99 Å². The largest absolute Gasteiger partial charge is 0.461 e. The van der Waals surface area contributed by atoms with Gasteiger partial charge in [0, 0.05) is 14.1 Å². The van der Waals surface area contributed by atoms with Crippen molar-refractivity contribution in [1.29, 1.82) is 0 Å². The molecule has 0 amide bonds. The molecule has 0 aliphatic rings. The number of aliphatic imine (C=N–C) groups is 1. The fourth-order valence-electron chi connectivity index (χ4n) is 0.413. The molecule has 0 unspecified atom stereocenters. The minimum Gasteiger partial charge on any atom is -0.461 e. The van der Waals surface area contributed by atoms with Crippen molar-refractivity contribution < 1.29 is 9.53 Å². The second-order valence-electron chi connectivity index (χ2n) is 2.23. The lowest BCUT2D eigenvalue weighted by atomic mass is 10.6. The molecule has 0 bridgehead atoms. The zero-order valence-corrected chi connectivity index (χ0v) is 8.22. The van der Waals surface area contributed by atoms with E-state index in [1.54, 1.807) is 25.9 Å². The summed E-state index contributed by atoms with van der Waals surface area (Å²) in [5, 5.41) is 0. The topological polar surface area (TPSA) is 41.9 Å². The molecule has 0 aliphatic carbocycles. The normalized spacial score (nSPS) is 9.92. The highest BCUT2D eigenvalue weighted by Gasteiger charge is 2.06. The highest BCUT2D eigenvalue weighted by Crippen LogP contribution is 1.86. The summed E-state index contributed by atoms with van der Waals surface area (Å²) in [5.74, 6) is -0.550. The Morgan fingerprint density at radius 3 is 2.67 bits per heavy atom. The van der Waals surface area contributed by atoms with Crippen molar-refractivity contribution in [3.8, 4) is 0 Å². The number of carbonyl (C=O) groups excluding carboxylic acids is 1. The maximum atomic E-state index is 10.9. The molecule has 0 rings (SSSR count). The van der Waals surface area contributed by atoms with Gasteiger partial charge in [0.25, 0.3) is 0 Å². The smallest absolute Gasteiger partial charge is 0.368 e. The average molecular weight is 188 g/mol. The lowest BCUT2D eigenvalue weighted by molar-refractivity contribution is -0.134. The van der Waals surface area contributed by atoms with E-state index in [1.165, 1.54) is 6.34 Å². The van der Waals surface area contributed by atoms with Crippen molar-refractivity contribution >= 4 is 29.5 Å². The van der Waals surface area contributed by atoms with Crippen LogP contribution in [0.25, 0.3) is 0 Å². The average Bonchev–Trinajstić information content (AvgIpc) is 2.00. The van der Waals surface area contributed by atoms with E-state index in [2.05, 4.69) is 21.9 Å². The van der Waals surface area contributed by atoms with Gasteiger partial charge in [0.05, 0.1) is 12.9 Å². The van der Waals surface area contributed by atoms with Crippen molar-refractivity contribution in [3.63, 3.8) is 0 Å². The lowest BCUT2D eigenvalue weighted by Gasteiger charge is -2.02. The van der Waals surface area contributed by atoms with E-state index in [4.69, 9.17) is 0 Å². The molecule has 0 atom stereocenters. The molecule has 0 aliphatic heterocycles. The fraction of sp³-hybridized carbons (Fsp3) is 0.571. The molecule has 0 saturated carbocycles. The molecule has 0 aromatic heterocycles. The van der Waals surface area contributed by atoms with Crippen molar-refractivity contribution in [3.05, 3.63) is 0 Å². The third-order valence-electron chi connectivity index (χ3n) is 0.856. The predicted octanol–water partition coefficient (Wildman–Crippen LogP) is 0.467. The summed E-state index contributed by atoms with van der Waals surface area (Å²) in [5.41, 5.74) is 0. The Labute approximate surface area is 77.2 Å². The van der Waals surface area contributed by atoms with Gasteiger partial charge in [-0.2, -0.15) is 0 Å². The van der Waals surface area contributed by atoms with Crippen molar-refractivity contribution in [1.82, 2.24) is 4.90 Å². The number of carbonyl (C=O) groups is 1. The van der Waals surface area contributed by atoms with Crippen LogP contribution in [0.4, 0.5) is 0 Å². The Morgan fingerprint density at radius 2 is 2.25 bits per heavy atom. The maximum Gasteiger partial charge on any atom is 0.368 e. The molecule has 0 aromatic carbocycles.